The Morgan fingerprint density at radius 2 is 1.49 bits per heavy atom. The molecule has 0 saturated heterocycles. The average Bonchev–Trinajstić information content (AvgIpc) is 3.81. The van der Waals surface area contributed by atoms with Gasteiger partial charge in [-0.2, -0.15) is 30.7 Å². The molecule has 380 valence electrons. The van der Waals surface area contributed by atoms with Crippen molar-refractivity contribution in [1.82, 2.24) is 25.3 Å². The van der Waals surface area contributed by atoms with Gasteiger partial charge in [-0.25, -0.2) is 19.4 Å². The van der Waals surface area contributed by atoms with Gasteiger partial charge in [0.2, 0.25) is 5.82 Å². The lowest BCUT2D eigenvalue weighted by Crippen LogP contribution is -2.62. The Morgan fingerprint density at radius 3 is 2.12 bits per heavy atom. The van der Waals surface area contributed by atoms with Crippen molar-refractivity contribution in [3.8, 4) is 17.0 Å². The minimum Gasteiger partial charge on any atom is -0.509 e. The monoisotopic (exact) mass is 996 g/mol. The fourth-order valence-electron chi connectivity index (χ4n) is 7.33. The van der Waals surface area contributed by atoms with Gasteiger partial charge in [0.1, 0.15) is 42.9 Å². The molecule has 2 unspecified atom stereocenters. The van der Waals surface area contributed by atoms with Gasteiger partial charge in [-0.05, 0) is 43.2 Å². The van der Waals surface area contributed by atoms with Gasteiger partial charge in [-0.3, -0.25) is 19.4 Å². The SMILES string of the molecule is CN1N(Cc2ccc(OCCOCCOCCOCCNC(=O)[C@@H](O)C(O)C(O)OCO)c(F)c2F)C(=O)C(C(=O)Nc2ccc(C(F)(F)F)cc2-c2cc(C(F)(F)F)ncn2)=C(O)C12CCCC2. The van der Waals surface area contributed by atoms with Gasteiger partial charge in [-0.15, -0.1) is 0 Å². The predicted octanol–water partition coefficient (Wildman–Crippen LogP) is 2.96. The zero-order valence-corrected chi connectivity index (χ0v) is 36.5. The van der Waals surface area contributed by atoms with Crippen LogP contribution in [-0.4, -0.2) is 154 Å². The molecule has 1 aromatic heterocycles. The number of hydrogen-bond donors (Lipinski definition) is 7. The van der Waals surface area contributed by atoms with E-state index < -0.39 is 124 Å². The second kappa shape index (κ2) is 23.8. The number of benzene rings is 2. The molecule has 69 heavy (non-hydrogen) atoms. The van der Waals surface area contributed by atoms with E-state index in [1.54, 1.807) is 0 Å². The molecular formula is C42H48F8N6O13. The van der Waals surface area contributed by atoms with Gasteiger partial charge in [0.15, 0.2) is 24.0 Å². The third-order valence-corrected chi connectivity index (χ3v) is 10.9. The molecule has 1 saturated carbocycles. The van der Waals surface area contributed by atoms with Gasteiger partial charge >= 0.3 is 12.4 Å². The number of ether oxygens (including phenoxy) is 5. The highest BCUT2D eigenvalue weighted by molar-refractivity contribution is 6.24. The van der Waals surface area contributed by atoms with Crippen LogP contribution >= 0.6 is 0 Å². The largest absolute Gasteiger partial charge is 0.509 e. The lowest BCUT2D eigenvalue weighted by molar-refractivity contribution is -0.216. The summed E-state index contributed by atoms with van der Waals surface area (Å²) >= 11 is 0. The molecular weight excluding hydrogens is 948 g/mol. The summed E-state index contributed by atoms with van der Waals surface area (Å²) in [7, 11) is 1.39. The summed E-state index contributed by atoms with van der Waals surface area (Å²) in [5.41, 5.74) is -7.33. The first-order valence-electron chi connectivity index (χ1n) is 20.9. The number of halogens is 8. The van der Waals surface area contributed by atoms with Crippen LogP contribution in [-0.2, 0) is 52.2 Å². The number of aliphatic hydroxyl groups excluding tert-OH is 5. The molecule has 2 aromatic carbocycles. The normalized spacial score (nSPS) is 16.8. The Kier molecular flexibility index (Phi) is 18.7. The highest BCUT2D eigenvalue weighted by Crippen LogP contribution is 2.45. The molecule has 0 bridgehead atoms. The van der Waals surface area contributed by atoms with Crippen molar-refractivity contribution in [3.63, 3.8) is 0 Å². The Bertz CT molecular complexity index is 2300. The number of amides is 3. The smallest absolute Gasteiger partial charge is 0.433 e. The first kappa shape index (κ1) is 54.3. The van der Waals surface area contributed by atoms with Gasteiger partial charge < -0.3 is 59.9 Å². The Balaban J connectivity index is 1.15. The van der Waals surface area contributed by atoms with Crippen molar-refractivity contribution in [2.45, 2.75) is 68.6 Å². The molecule has 3 aromatic rings. The van der Waals surface area contributed by atoms with E-state index in [0.717, 1.165) is 23.2 Å². The van der Waals surface area contributed by atoms with E-state index in [1.165, 1.54) is 12.1 Å². The number of hydrogen-bond acceptors (Lipinski definition) is 16. The number of aromatic nitrogens is 2. The number of anilines is 1. The first-order chi connectivity index (χ1) is 32.6. The first-order valence-corrected chi connectivity index (χ1v) is 20.9. The van der Waals surface area contributed by atoms with Crippen LogP contribution in [0.25, 0.3) is 11.3 Å². The Labute approximate surface area is 387 Å². The summed E-state index contributed by atoms with van der Waals surface area (Å²) in [6, 6.07) is 4.30. The maximum Gasteiger partial charge on any atom is 0.433 e. The topological polar surface area (TPSA) is 255 Å². The van der Waals surface area contributed by atoms with E-state index in [2.05, 4.69) is 25.3 Å². The van der Waals surface area contributed by atoms with Crippen LogP contribution in [0, 0.1) is 11.6 Å². The number of rotatable bonds is 23. The summed E-state index contributed by atoms with van der Waals surface area (Å²) < 4.78 is 139. The maximum atomic E-state index is 15.6. The van der Waals surface area contributed by atoms with Crippen LogP contribution < -0.4 is 15.4 Å². The Hall–Kier alpha value is -5.65. The molecule has 2 aliphatic rings. The quantitative estimate of drug-likeness (QED) is 0.0312. The third-order valence-electron chi connectivity index (χ3n) is 10.9. The van der Waals surface area contributed by atoms with Gasteiger partial charge in [-0.1, -0.05) is 18.9 Å². The van der Waals surface area contributed by atoms with Gasteiger partial charge in [0.25, 0.3) is 17.7 Å². The summed E-state index contributed by atoms with van der Waals surface area (Å²) in [4.78, 5) is 46.7. The lowest BCUT2D eigenvalue weighted by atomic mass is 9.88. The molecule has 1 spiro atoms. The van der Waals surface area contributed by atoms with Crippen molar-refractivity contribution in [2.75, 3.05) is 72.0 Å². The zero-order chi connectivity index (χ0) is 50.7. The number of nitrogens with one attached hydrogen (secondary N) is 2. The molecule has 1 fully saturated rings. The van der Waals surface area contributed by atoms with E-state index in [-0.39, 0.29) is 71.2 Å². The van der Waals surface area contributed by atoms with Crippen LogP contribution in [0.15, 0.2) is 54.1 Å². The minimum atomic E-state index is -5.02. The fourth-order valence-corrected chi connectivity index (χ4v) is 7.33. The van der Waals surface area contributed by atoms with E-state index in [1.807, 2.05) is 0 Å². The van der Waals surface area contributed by atoms with Crippen molar-refractivity contribution >= 4 is 23.4 Å². The number of carbonyl (C=O) groups is 3. The van der Waals surface area contributed by atoms with E-state index >= 15 is 8.78 Å². The average molecular weight is 997 g/mol. The van der Waals surface area contributed by atoms with Crippen molar-refractivity contribution < 1.29 is 98.7 Å². The van der Waals surface area contributed by atoms with Crippen molar-refractivity contribution in [3.05, 3.63) is 82.5 Å². The third kappa shape index (κ3) is 13.4. The Morgan fingerprint density at radius 1 is 0.855 bits per heavy atom. The molecule has 19 nitrogen and oxygen atoms in total. The lowest BCUT2D eigenvalue weighted by Gasteiger charge is -2.48. The number of carbonyl (C=O) groups excluding carboxylic acids is 3. The number of alkyl halides is 6. The highest BCUT2D eigenvalue weighted by Gasteiger charge is 2.53. The summed E-state index contributed by atoms with van der Waals surface area (Å²) in [6.45, 7) is -1.61. The second-order valence-electron chi connectivity index (χ2n) is 15.3. The molecule has 0 radical (unpaired) electrons. The van der Waals surface area contributed by atoms with Crippen LogP contribution in [0.2, 0.25) is 0 Å². The van der Waals surface area contributed by atoms with Crippen molar-refractivity contribution in [2.24, 2.45) is 0 Å². The van der Waals surface area contributed by atoms with Crippen LogP contribution in [0.1, 0.15) is 42.5 Å². The highest BCUT2D eigenvalue weighted by atomic mass is 19.4. The van der Waals surface area contributed by atoms with Gasteiger partial charge in [0, 0.05) is 24.7 Å². The molecule has 7 N–H and O–H groups in total. The molecule has 2 heterocycles. The fraction of sp³-hybridized carbons (Fsp3) is 0.500. The molecule has 5 rings (SSSR count). The standard InChI is InChI=1S/C42H48F8N6O13/c1-55-40(8-2-3-9-40)35(60)30(36(61)54-26-6-5-24(41(45,46)47)18-25(26)27-19-29(42(48,49)50)53-21-52-27)38(63)56(55)20-23-4-7-28(32(44)31(23)43)68-17-16-67-15-14-66-13-12-65-11-10-51-37(62)33(58)34(59)39(64)69-22-57/h4-7,18-19,21,33-34,39,57-60,64H,2-3,8-17,20,22H2,1H3,(H,51,62)(H,54,61)/t33-,34?,39?/m0/s1. The molecule has 3 atom stereocenters. The van der Waals surface area contributed by atoms with E-state index in [9.17, 15) is 61.2 Å². The van der Waals surface area contributed by atoms with E-state index in [4.69, 9.17) is 24.1 Å². The maximum absolute atomic E-state index is 15.6. The van der Waals surface area contributed by atoms with Crippen molar-refractivity contribution in [1.29, 1.82) is 0 Å². The van der Waals surface area contributed by atoms with E-state index in [0.29, 0.717) is 37.4 Å². The van der Waals surface area contributed by atoms with Crippen LogP contribution in [0.4, 0.5) is 40.8 Å². The summed E-state index contributed by atoms with van der Waals surface area (Å²) in [5, 5.41) is 55.5. The molecule has 1 aliphatic heterocycles. The summed E-state index contributed by atoms with van der Waals surface area (Å²) in [5.74, 6) is -7.67. The molecule has 1 aliphatic carbocycles. The second-order valence-corrected chi connectivity index (χ2v) is 15.3. The van der Waals surface area contributed by atoms with Gasteiger partial charge in [0.05, 0.1) is 68.7 Å². The summed E-state index contributed by atoms with van der Waals surface area (Å²) in [6.07, 6.45) is -14.2. The molecule has 3 amide bonds. The number of nitrogens with zero attached hydrogens (tertiary/aromatic N) is 4. The number of aliphatic hydroxyl groups is 5. The minimum absolute atomic E-state index is 0.00369. The molecule has 27 heteroatoms. The predicted molar refractivity (Wildman–Crippen MR) is 219 cm³/mol. The number of hydrazine groups is 1. The van der Waals surface area contributed by atoms with Crippen LogP contribution in [0.3, 0.4) is 0 Å². The number of likely N-dealkylation sites (N-methyl/N-ethyl adjacent to an activating group) is 1. The van der Waals surface area contributed by atoms with Crippen LogP contribution in [0.5, 0.6) is 5.75 Å². The zero-order valence-electron chi connectivity index (χ0n) is 36.5.